The number of nitrogens with two attached hydrogens (primary N) is 1. The molecule has 19 heavy (non-hydrogen) atoms. The summed E-state index contributed by atoms with van der Waals surface area (Å²) in [5.41, 5.74) is 5.95. The van der Waals surface area contributed by atoms with Crippen molar-refractivity contribution >= 4 is 5.91 Å². The van der Waals surface area contributed by atoms with Crippen molar-refractivity contribution in [2.24, 2.45) is 11.7 Å². The van der Waals surface area contributed by atoms with Crippen molar-refractivity contribution in [2.75, 3.05) is 26.2 Å². The molecule has 0 bridgehead atoms. The lowest BCUT2D eigenvalue weighted by Crippen LogP contribution is -2.44. The van der Waals surface area contributed by atoms with Crippen molar-refractivity contribution in [3.8, 4) is 0 Å². The minimum atomic E-state index is 0.217. The highest BCUT2D eigenvalue weighted by Gasteiger charge is 2.36. The Labute approximate surface area is 116 Å². The first-order valence-corrected chi connectivity index (χ1v) is 8.02. The Morgan fingerprint density at radius 3 is 2.53 bits per heavy atom. The van der Waals surface area contributed by atoms with Crippen molar-refractivity contribution in [2.45, 2.75) is 57.0 Å². The minimum absolute atomic E-state index is 0.217. The predicted octanol–water partition coefficient (Wildman–Crippen LogP) is 1.20. The van der Waals surface area contributed by atoms with Crippen molar-refractivity contribution < 1.29 is 4.79 Å². The minimum Gasteiger partial charge on any atom is -0.338 e. The Morgan fingerprint density at radius 1 is 1.05 bits per heavy atom. The fraction of sp³-hybridized carbons (Fsp3) is 0.933. The first-order chi connectivity index (χ1) is 9.24. The maximum Gasteiger partial charge on any atom is 0.226 e. The lowest BCUT2D eigenvalue weighted by atomic mass is 10.1. The van der Waals surface area contributed by atoms with Crippen LogP contribution in [0.2, 0.25) is 0 Å². The quantitative estimate of drug-likeness (QED) is 0.834. The van der Waals surface area contributed by atoms with Crippen LogP contribution in [0.5, 0.6) is 0 Å². The van der Waals surface area contributed by atoms with E-state index in [1.54, 1.807) is 0 Å². The van der Waals surface area contributed by atoms with Gasteiger partial charge >= 0.3 is 0 Å². The van der Waals surface area contributed by atoms with Gasteiger partial charge in [-0.05, 0) is 58.0 Å². The summed E-state index contributed by atoms with van der Waals surface area (Å²) in [7, 11) is 0. The normalized spacial score (nSPS) is 36.3. The number of likely N-dealkylation sites (tertiary alicyclic amines) is 2. The molecule has 2 N–H and O–H groups in total. The van der Waals surface area contributed by atoms with Gasteiger partial charge in [-0.1, -0.05) is 0 Å². The molecule has 1 amide bonds. The highest BCUT2D eigenvalue weighted by Crippen LogP contribution is 2.29. The number of rotatable bonds is 3. The maximum atomic E-state index is 12.6. The standard InChI is InChI=1S/C15H27N3O/c16-13-6-5-12(10-13)15(19)18-9-3-4-14(18)11-17-7-1-2-8-17/h12-14H,1-11,16H2/t12-,13+,14+/m0/s1. The third kappa shape index (κ3) is 2.95. The van der Waals surface area contributed by atoms with Crippen LogP contribution in [0.4, 0.5) is 0 Å². The van der Waals surface area contributed by atoms with E-state index in [-0.39, 0.29) is 12.0 Å². The van der Waals surface area contributed by atoms with E-state index in [0.717, 1.165) is 32.4 Å². The highest BCUT2D eigenvalue weighted by molar-refractivity contribution is 5.79. The van der Waals surface area contributed by atoms with Crippen LogP contribution in [0, 0.1) is 5.92 Å². The van der Waals surface area contributed by atoms with E-state index in [1.165, 1.54) is 38.8 Å². The molecule has 3 atom stereocenters. The van der Waals surface area contributed by atoms with Gasteiger partial charge < -0.3 is 15.5 Å². The maximum absolute atomic E-state index is 12.6. The topological polar surface area (TPSA) is 49.6 Å². The summed E-state index contributed by atoms with van der Waals surface area (Å²) in [5, 5.41) is 0. The number of nitrogens with zero attached hydrogens (tertiary/aromatic N) is 2. The van der Waals surface area contributed by atoms with E-state index in [9.17, 15) is 4.79 Å². The van der Waals surface area contributed by atoms with E-state index in [4.69, 9.17) is 5.73 Å². The van der Waals surface area contributed by atoms with Gasteiger partial charge in [0.1, 0.15) is 0 Å². The summed E-state index contributed by atoms with van der Waals surface area (Å²) >= 11 is 0. The molecule has 3 fully saturated rings. The predicted molar refractivity (Wildman–Crippen MR) is 75.7 cm³/mol. The number of carbonyl (C=O) groups excluding carboxylic acids is 1. The summed E-state index contributed by atoms with van der Waals surface area (Å²) in [6.45, 7) is 4.53. The third-order valence-corrected chi connectivity index (χ3v) is 5.15. The third-order valence-electron chi connectivity index (χ3n) is 5.15. The molecule has 1 aliphatic carbocycles. The second-order valence-electron chi connectivity index (χ2n) is 6.61. The summed E-state index contributed by atoms with van der Waals surface area (Å²) in [4.78, 5) is 17.3. The first kappa shape index (κ1) is 13.4. The molecule has 0 spiro atoms. The fourth-order valence-electron chi connectivity index (χ4n) is 4.05. The Balaban J connectivity index is 1.57. The number of carbonyl (C=O) groups is 1. The Hall–Kier alpha value is -0.610. The average molecular weight is 265 g/mol. The molecule has 2 saturated heterocycles. The van der Waals surface area contributed by atoms with Crippen LogP contribution in [-0.2, 0) is 4.79 Å². The average Bonchev–Trinajstić information content (AvgIpc) is 3.10. The van der Waals surface area contributed by atoms with E-state index in [2.05, 4.69) is 9.80 Å². The molecule has 1 saturated carbocycles. The molecule has 4 nitrogen and oxygen atoms in total. The lowest BCUT2D eigenvalue weighted by molar-refractivity contribution is -0.136. The smallest absolute Gasteiger partial charge is 0.226 e. The van der Waals surface area contributed by atoms with Crippen LogP contribution < -0.4 is 5.73 Å². The fourth-order valence-corrected chi connectivity index (χ4v) is 4.05. The van der Waals surface area contributed by atoms with E-state index < -0.39 is 0 Å². The van der Waals surface area contributed by atoms with Gasteiger partial charge in [0, 0.05) is 31.1 Å². The molecule has 3 rings (SSSR count). The second-order valence-corrected chi connectivity index (χ2v) is 6.61. The Morgan fingerprint density at radius 2 is 1.84 bits per heavy atom. The summed E-state index contributed by atoms with van der Waals surface area (Å²) in [6.07, 6.45) is 7.99. The largest absolute Gasteiger partial charge is 0.338 e. The molecule has 108 valence electrons. The zero-order valence-electron chi connectivity index (χ0n) is 11.9. The van der Waals surface area contributed by atoms with Crippen LogP contribution >= 0.6 is 0 Å². The van der Waals surface area contributed by atoms with Gasteiger partial charge in [0.2, 0.25) is 5.91 Å². The summed E-state index contributed by atoms with van der Waals surface area (Å²) < 4.78 is 0. The summed E-state index contributed by atoms with van der Waals surface area (Å²) in [6, 6.07) is 0.732. The SMILES string of the molecule is N[C@@H]1CC[C@H](C(=O)N2CCC[C@@H]2CN2CCCC2)C1. The van der Waals surface area contributed by atoms with Gasteiger partial charge in [-0.2, -0.15) is 0 Å². The van der Waals surface area contributed by atoms with E-state index in [1.807, 2.05) is 0 Å². The van der Waals surface area contributed by atoms with Crippen LogP contribution in [0.25, 0.3) is 0 Å². The van der Waals surface area contributed by atoms with Gasteiger partial charge in [0.15, 0.2) is 0 Å². The zero-order chi connectivity index (χ0) is 13.2. The van der Waals surface area contributed by atoms with E-state index >= 15 is 0 Å². The molecule has 2 aliphatic heterocycles. The number of hydrogen-bond donors (Lipinski definition) is 1. The van der Waals surface area contributed by atoms with Gasteiger partial charge in [-0.3, -0.25) is 4.79 Å². The molecule has 2 heterocycles. The van der Waals surface area contributed by atoms with Crippen molar-refractivity contribution in [3.63, 3.8) is 0 Å². The van der Waals surface area contributed by atoms with Gasteiger partial charge in [0.05, 0.1) is 0 Å². The molecule has 0 radical (unpaired) electrons. The molecule has 4 heteroatoms. The molecule has 0 aromatic carbocycles. The zero-order valence-corrected chi connectivity index (χ0v) is 11.9. The van der Waals surface area contributed by atoms with Gasteiger partial charge in [0.25, 0.3) is 0 Å². The highest BCUT2D eigenvalue weighted by atomic mass is 16.2. The lowest BCUT2D eigenvalue weighted by Gasteiger charge is -2.30. The number of hydrogen-bond acceptors (Lipinski definition) is 3. The van der Waals surface area contributed by atoms with Crippen molar-refractivity contribution in [1.82, 2.24) is 9.80 Å². The molecular formula is C15H27N3O. The van der Waals surface area contributed by atoms with Gasteiger partial charge in [-0.15, -0.1) is 0 Å². The molecule has 0 unspecified atom stereocenters. The molecular weight excluding hydrogens is 238 g/mol. The second kappa shape index (κ2) is 5.80. The Kier molecular flexibility index (Phi) is 4.08. The molecule has 3 aliphatic rings. The van der Waals surface area contributed by atoms with Gasteiger partial charge in [-0.25, -0.2) is 0 Å². The monoisotopic (exact) mass is 265 g/mol. The van der Waals surface area contributed by atoms with Crippen molar-refractivity contribution in [1.29, 1.82) is 0 Å². The first-order valence-electron chi connectivity index (χ1n) is 8.02. The van der Waals surface area contributed by atoms with Crippen LogP contribution in [-0.4, -0.2) is 54.0 Å². The van der Waals surface area contributed by atoms with Crippen LogP contribution in [0.15, 0.2) is 0 Å². The molecule has 0 aromatic heterocycles. The molecule has 0 aromatic rings. The van der Waals surface area contributed by atoms with Crippen LogP contribution in [0.1, 0.15) is 44.9 Å². The van der Waals surface area contributed by atoms with E-state index in [0.29, 0.717) is 11.9 Å². The number of amides is 1. The summed E-state index contributed by atoms with van der Waals surface area (Å²) in [5.74, 6) is 0.615. The Bertz CT molecular complexity index is 327. The van der Waals surface area contributed by atoms with Crippen molar-refractivity contribution in [3.05, 3.63) is 0 Å². The van der Waals surface area contributed by atoms with Crippen LogP contribution in [0.3, 0.4) is 0 Å².